The highest BCUT2D eigenvalue weighted by atomic mass is 16.3. The van der Waals surface area contributed by atoms with E-state index in [0.29, 0.717) is 5.56 Å². The molecule has 0 saturated carbocycles. The van der Waals surface area contributed by atoms with Crippen LogP contribution < -0.4 is 16.0 Å². The van der Waals surface area contributed by atoms with Gasteiger partial charge >= 0.3 is 0 Å². The molecule has 0 saturated heterocycles. The molecule has 2 atom stereocenters. The maximum atomic E-state index is 8.94. The van der Waals surface area contributed by atoms with Gasteiger partial charge in [0.2, 0.25) is 0 Å². The van der Waals surface area contributed by atoms with Crippen molar-refractivity contribution in [1.82, 2.24) is 10.3 Å². The van der Waals surface area contributed by atoms with Gasteiger partial charge in [0.1, 0.15) is 5.82 Å². The number of nitriles is 1. The van der Waals surface area contributed by atoms with Crippen LogP contribution in [0.3, 0.4) is 0 Å². The second kappa shape index (κ2) is 14.6. The molecule has 0 unspecified atom stereocenters. The molecule has 0 bridgehead atoms. The van der Waals surface area contributed by atoms with E-state index in [4.69, 9.17) is 25.1 Å². The molecule has 176 valence electrons. The summed E-state index contributed by atoms with van der Waals surface area (Å²) in [7, 11) is 0. The van der Waals surface area contributed by atoms with Gasteiger partial charge in [-0.05, 0) is 48.4 Å². The molecule has 0 fully saturated rings. The minimum absolute atomic E-state index is 0.155. The van der Waals surface area contributed by atoms with Crippen LogP contribution in [-0.4, -0.2) is 47.3 Å². The van der Waals surface area contributed by atoms with Crippen LogP contribution in [-0.2, 0) is 16.0 Å². The number of nitrogens with one attached hydrogen (secondary N) is 3. The van der Waals surface area contributed by atoms with Crippen LogP contribution in [0.4, 0.5) is 11.5 Å². The number of nitrogens with zero attached hydrogens (tertiary/aromatic N) is 2. The zero-order valence-corrected chi connectivity index (χ0v) is 18.5. The highest BCUT2D eigenvalue weighted by molar-refractivity contribution is 5.67. The summed E-state index contributed by atoms with van der Waals surface area (Å²) >= 11 is 0. The number of aromatic nitrogens is 1. The molecule has 4 rings (SSSR count). The molecular weight excluding hydrogens is 434 g/mol. The summed E-state index contributed by atoms with van der Waals surface area (Å²) in [6.45, 7) is 1.17. The quantitative estimate of drug-likeness (QED) is 0.349. The molecule has 1 aliphatic rings. The molecule has 1 aliphatic heterocycles. The van der Waals surface area contributed by atoms with Crippen molar-refractivity contribution >= 4 is 24.4 Å². The Kier molecular flexibility index (Phi) is 11.1. The standard InChI is InChI=1S/C23H23N5.2CH2O2/c24-15-18-10-8-17(9-11-18)12-14-25-22(19-5-2-1-3-6-19)21-16-27-20-7-4-13-26-23(20)28-21;2*2-1-3/h1-11,13,21-22,25,27H,12,14,16H2,(H,26,28);2*1H,(H,2,3)/t21-,22+;;/m0../s1. The molecule has 2 heterocycles. The molecule has 9 heteroatoms. The third-order valence-corrected chi connectivity index (χ3v) is 5.06. The first kappa shape index (κ1) is 25.8. The van der Waals surface area contributed by atoms with Crippen LogP contribution in [0, 0.1) is 11.3 Å². The predicted octanol–water partition coefficient (Wildman–Crippen LogP) is 3.13. The second-order valence-corrected chi connectivity index (χ2v) is 7.14. The normalized spacial score (nSPS) is 14.0. The van der Waals surface area contributed by atoms with Crippen LogP contribution in [0.2, 0.25) is 0 Å². The minimum Gasteiger partial charge on any atom is -0.483 e. The lowest BCUT2D eigenvalue weighted by atomic mass is 9.97. The van der Waals surface area contributed by atoms with Crippen molar-refractivity contribution in [3.05, 3.63) is 89.6 Å². The molecule has 3 aromatic rings. The van der Waals surface area contributed by atoms with E-state index in [-0.39, 0.29) is 25.0 Å². The summed E-state index contributed by atoms with van der Waals surface area (Å²) in [6, 6.07) is 24.8. The van der Waals surface area contributed by atoms with Gasteiger partial charge in [0.05, 0.1) is 29.4 Å². The largest absolute Gasteiger partial charge is 0.483 e. The summed E-state index contributed by atoms with van der Waals surface area (Å²) < 4.78 is 0. The zero-order chi connectivity index (χ0) is 24.6. The number of rotatable bonds is 6. The Morgan fingerprint density at radius 2 is 1.74 bits per heavy atom. The molecule has 2 aromatic carbocycles. The number of carboxylic acid groups (broad SMARTS) is 2. The number of anilines is 2. The number of fused-ring (bicyclic) bond motifs is 1. The first-order valence-corrected chi connectivity index (χ1v) is 10.5. The fourth-order valence-corrected chi connectivity index (χ4v) is 3.58. The van der Waals surface area contributed by atoms with Gasteiger partial charge in [-0.1, -0.05) is 42.5 Å². The van der Waals surface area contributed by atoms with Crippen molar-refractivity contribution in [3.8, 4) is 6.07 Å². The van der Waals surface area contributed by atoms with Gasteiger partial charge in [0, 0.05) is 12.7 Å². The topological polar surface area (TPSA) is 147 Å². The first-order chi connectivity index (χ1) is 16.7. The van der Waals surface area contributed by atoms with E-state index < -0.39 is 0 Å². The second-order valence-electron chi connectivity index (χ2n) is 7.14. The smallest absolute Gasteiger partial charge is 0.290 e. The van der Waals surface area contributed by atoms with Crippen molar-refractivity contribution in [2.45, 2.75) is 18.5 Å². The number of pyridine rings is 1. The molecule has 0 aliphatic carbocycles. The molecule has 1 aromatic heterocycles. The molecule has 34 heavy (non-hydrogen) atoms. The monoisotopic (exact) mass is 461 g/mol. The molecule has 5 N–H and O–H groups in total. The van der Waals surface area contributed by atoms with Crippen molar-refractivity contribution < 1.29 is 19.8 Å². The Balaban J connectivity index is 0.000000618. The third kappa shape index (κ3) is 7.93. The lowest BCUT2D eigenvalue weighted by Gasteiger charge is -2.34. The molecule has 0 spiro atoms. The van der Waals surface area contributed by atoms with E-state index in [2.05, 4.69) is 51.3 Å². The summed E-state index contributed by atoms with van der Waals surface area (Å²) in [5.41, 5.74) is 4.21. The van der Waals surface area contributed by atoms with Gasteiger partial charge in [-0.15, -0.1) is 0 Å². The maximum absolute atomic E-state index is 8.94. The molecule has 9 nitrogen and oxygen atoms in total. The van der Waals surface area contributed by atoms with Crippen molar-refractivity contribution in [1.29, 1.82) is 5.26 Å². The summed E-state index contributed by atoms with van der Waals surface area (Å²) in [5, 5.41) is 33.5. The Hall–Kier alpha value is -4.42. The molecule has 0 radical (unpaired) electrons. The number of carbonyl (C=O) groups is 2. The minimum atomic E-state index is -0.250. The highest BCUT2D eigenvalue weighted by Gasteiger charge is 2.27. The predicted molar refractivity (Wildman–Crippen MR) is 130 cm³/mol. The Morgan fingerprint density at radius 3 is 2.38 bits per heavy atom. The van der Waals surface area contributed by atoms with Crippen molar-refractivity contribution in [3.63, 3.8) is 0 Å². The SMILES string of the molecule is N#Cc1ccc(CCN[C@H](c2ccccc2)[C@@H]2CNc3cccnc3N2)cc1.O=CO.O=CO. The summed E-state index contributed by atoms with van der Waals surface area (Å²) in [6.07, 6.45) is 2.72. The van der Waals surface area contributed by atoms with Crippen LogP contribution in [0.15, 0.2) is 72.9 Å². The van der Waals surface area contributed by atoms with Gasteiger partial charge in [-0.3, -0.25) is 9.59 Å². The van der Waals surface area contributed by atoms with E-state index in [1.54, 1.807) is 0 Å². The Labute approximate surface area is 198 Å². The maximum Gasteiger partial charge on any atom is 0.290 e. The van der Waals surface area contributed by atoms with E-state index in [1.807, 2.05) is 48.7 Å². The van der Waals surface area contributed by atoms with Gasteiger partial charge in [0.25, 0.3) is 12.9 Å². The van der Waals surface area contributed by atoms with Gasteiger partial charge in [-0.25, -0.2) is 4.98 Å². The van der Waals surface area contributed by atoms with Crippen LogP contribution >= 0.6 is 0 Å². The Morgan fingerprint density at radius 1 is 1.06 bits per heavy atom. The average molecular weight is 462 g/mol. The fraction of sp³-hybridized carbons (Fsp3) is 0.200. The van der Waals surface area contributed by atoms with Crippen molar-refractivity contribution in [2.75, 3.05) is 23.7 Å². The van der Waals surface area contributed by atoms with E-state index in [1.165, 1.54) is 11.1 Å². The lowest BCUT2D eigenvalue weighted by Crippen LogP contribution is -2.44. The third-order valence-electron chi connectivity index (χ3n) is 5.06. The van der Waals surface area contributed by atoms with Crippen LogP contribution in [0.25, 0.3) is 0 Å². The van der Waals surface area contributed by atoms with Crippen LogP contribution in [0.1, 0.15) is 22.7 Å². The highest BCUT2D eigenvalue weighted by Crippen LogP contribution is 2.28. The van der Waals surface area contributed by atoms with E-state index >= 15 is 0 Å². The number of hydrogen-bond donors (Lipinski definition) is 5. The lowest BCUT2D eigenvalue weighted by molar-refractivity contribution is -0.123. The summed E-state index contributed by atoms with van der Waals surface area (Å²) in [4.78, 5) is 21.2. The Bertz CT molecular complexity index is 1050. The number of benzene rings is 2. The average Bonchev–Trinajstić information content (AvgIpc) is 2.88. The summed E-state index contributed by atoms with van der Waals surface area (Å²) in [5.74, 6) is 0.897. The zero-order valence-electron chi connectivity index (χ0n) is 18.5. The van der Waals surface area contributed by atoms with Gasteiger partial charge < -0.3 is 26.2 Å². The van der Waals surface area contributed by atoms with E-state index in [0.717, 1.165) is 31.0 Å². The number of hydrogen-bond acceptors (Lipinski definition) is 7. The van der Waals surface area contributed by atoms with Gasteiger partial charge in [-0.2, -0.15) is 5.26 Å². The molecular formula is C25H27N5O4. The fourth-order valence-electron chi connectivity index (χ4n) is 3.58. The van der Waals surface area contributed by atoms with Crippen molar-refractivity contribution in [2.24, 2.45) is 0 Å². The van der Waals surface area contributed by atoms with Gasteiger partial charge in [0.15, 0.2) is 0 Å². The first-order valence-electron chi connectivity index (χ1n) is 10.5. The van der Waals surface area contributed by atoms with Crippen LogP contribution in [0.5, 0.6) is 0 Å². The van der Waals surface area contributed by atoms with E-state index in [9.17, 15) is 0 Å². The molecule has 0 amide bonds.